The summed E-state index contributed by atoms with van der Waals surface area (Å²) in [5.74, 6) is 0.767. The molecular weight excluding hydrogens is 176 g/mol. The summed E-state index contributed by atoms with van der Waals surface area (Å²) in [6.07, 6.45) is 3.49. The van der Waals surface area contributed by atoms with Gasteiger partial charge in [0.2, 0.25) is 0 Å². The Morgan fingerprint density at radius 1 is 1.14 bits per heavy atom. The highest BCUT2D eigenvalue weighted by atomic mass is 16.3. The average Bonchev–Trinajstić information content (AvgIpc) is 2.86. The Morgan fingerprint density at radius 2 is 2.07 bits per heavy atom. The summed E-state index contributed by atoms with van der Waals surface area (Å²) in [6, 6.07) is 9.86. The highest BCUT2D eigenvalue weighted by molar-refractivity contribution is 6.09. The molecule has 0 bridgehead atoms. The minimum atomic E-state index is 0.767. The molecule has 14 heavy (non-hydrogen) atoms. The van der Waals surface area contributed by atoms with E-state index in [0.29, 0.717) is 0 Å². The molecule has 0 saturated heterocycles. The van der Waals surface area contributed by atoms with Crippen molar-refractivity contribution < 1.29 is 4.42 Å². The van der Waals surface area contributed by atoms with Crippen LogP contribution in [0.1, 0.15) is 5.76 Å². The van der Waals surface area contributed by atoms with Crippen molar-refractivity contribution in [3.8, 4) is 0 Å². The van der Waals surface area contributed by atoms with Gasteiger partial charge in [-0.05, 0) is 18.2 Å². The summed E-state index contributed by atoms with van der Waals surface area (Å²) in [7, 11) is 0. The van der Waals surface area contributed by atoms with Gasteiger partial charge in [0.05, 0.1) is 6.20 Å². The van der Waals surface area contributed by atoms with E-state index in [0.717, 1.165) is 22.4 Å². The Labute approximate surface area is 80.7 Å². The molecule has 3 rings (SSSR count). The molecule has 1 aliphatic rings. The quantitative estimate of drug-likeness (QED) is 0.668. The van der Waals surface area contributed by atoms with Crippen molar-refractivity contribution in [1.29, 1.82) is 0 Å². The molecule has 1 radical (unpaired) electrons. The van der Waals surface area contributed by atoms with Crippen LogP contribution >= 0.6 is 0 Å². The van der Waals surface area contributed by atoms with Crippen LogP contribution in [0.15, 0.2) is 52.1 Å². The van der Waals surface area contributed by atoms with E-state index < -0.39 is 0 Å². The van der Waals surface area contributed by atoms with E-state index in [1.54, 1.807) is 6.20 Å². The molecule has 2 heterocycles. The van der Waals surface area contributed by atoms with Crippen molar-refractivity contribution >= 4 is 16.7 Å². The largest absolute Gasteiger partial charge is 0.454 e. The third-order valence-corrected chi connectivity index (χ3v) is 2.14. The fourth-order valence-electron chi connectivity index (χ4n) is 1.47. The van der Waals surface area contributed by atoms with Gasteiger partial charge in [0.15, 0.2) is 5.76 Å². The summed E-state index contributed by atoms with van der Waals surface area (Å²) in [6.45, 7) is 0. The molecule has 3 heteroatoms. The number of fused-ring (bicyclic) bond motifs is 1. The number of para-hydroxylation sites is 1. The third-order valence-electron chi connectivity index (χ3n) is 2.14. The molecule has 0 saturated carbocycles. The van der Waals surface area contributed by atoms with Gasteiger partial charge in [-0.15, -0.1) is 5.10 Å². The van der Waals surface area contributed by atoms with Crippen LogP contribution < -0.4 is 5.43 Å². The van der Waals surface area contributed by atoms with Crippen molar-refractivity contribution in [2.45, 2.75) is 0 Å². The van der Waals surface area contributed by atoms with Crippen molar-refractivity contribution in [3.63, 3.8) is 0 Å². The first kappa shape index (κ1) is 7.38. The van der Waals surface area contributed by atoms with Crippen LogP contribution in [0.5, 0.6) is 0 Å². The van der Waals surface area contributed by atoms with E-state index in [9.17, 15) is 0 Å². The van der Waals surface area contributed by atoms with Crippen molar-refractivity contribution in [3.05, 3.63) is 48.4 Å². The SMILES string of the molecule is C1=CC(c2cc3ccccc3o2)=N[N]1. The first-order valence-corrected chi connectivity index (χ1v) is 4.37. The van der Waals surface area contributed by atoms with Crippen LogP contribution in [0, 0.1) is 0 Å². The second-order valence-corrected chi connectivity index (χ2v) is 3.06. The summed E-state index contributed by atoms with van der Waals surface area (Å²) in [5.41, 5.74) is 5.42. The van der Waals surface area contributed by atoms with Gasteiger partial charge in [0.1, 0.15) is 11.3 Å². The highest BCUT2D eigenvalue weighted by Gasteiger charge is 2.10. The Balaban J connectivity index is 2.19. The number of nitrogens with zero attached hydrogens (tertiary/aromatic N) is 2. The van der Waals surface area contributed by atoms with Gasteiger partial charge in [0.25, 0.3) is 0 Å². The lowest BCUT2D eigenvalue weighted by atomic mass is 10.2. The minimum absolute atomic E-state index is 0.767. The number of benzene rings is 1. The van der Waals surface area contributed by atoms with E-state index in [1.165, 1.54) is 0 Å². The van der Waals surface area contributed by atoms with Gasteiger partial charge in [-0.1, -0.05) is 18.2 Å². The van der Waals surface area contributed by atoms with E-state index >= 15 is 0 Å². The number of hydrogen-bond donors (Lipinski definition) is 0. The Morgan fingerprint density at radius 3 is 2.86 bits per heavy atom. The predicted octanol–water partition coefficient (Wildman–Crippen LogP) is 2.27. The van der Waals surface area contributed by atoms with E-state index in [-0.39, 0.29) is 0 Å². The van der Waals surface area contributed by atoms with Crippen LogP contribution in [0.3, 0.4) is 0 Å². The maximum absolute atomic E-state index is 5.61. The summed E-state index contributed by atoms with van der Waals surface area (Å²) in [4.78, 5) is 0. The average molecular weight is 183 g/mol. The summed E-state index contributed by atoms with van der Waals surface area (Å²) >= 11 is 0. The Bertz CT molecular complexity index is 504. The van der Waals surface area contributed by atoms with Crippen molar-refractivity contribution in [2.75, 3.05) is 0 Å². The maximum Gasteiger partial charge on any atom is 0.155 e. The highest BCUT2D eigenvalue weighted by Crippen LogP contribution is 2.20. The first-order valence-electron chi connectivity index (χ1n) is 4.37. The normalized spacial score (nSPS) is 14.4. The second kappa shape index (κ2) is 2.73. The molecule has 1 aromatic carbocycles. The molecule has 67 valence electrons. The molecule has 1 aromatic heterocycles. The number of allylic oxidation sites excluding steroid dienone is 1. The zero-order valence-corrected chi connectivity index (χ0v) is 7.34. The maximum atomic E-state index is 5.61. The lowest BCUT2D eigenvalue weighted by Crippen LogP contribution is -1.90. The Hall–Kier alpha value is -2.03. The van der Waals surface area contributed by atoms with E-state index in [2.05, 4.69) is 10.5 Å². The molecule has 0 unspecified atom stereocenters. The van der Waals surface area contributed by atoms with Gasteiger partial charge in [0, 0.05) is 5.39 Å². The zero-order valence-electron chi connectivity index (χ0n) is 7.34. The van der Waals surface area contributed by atoms with Gasteiger partial charge < -0.3 is 4.42 Å². The first-order chi connectivity index (χ1) is 6.93. The Kier molecular flexibility index (Phi) is 1.44. The second-order valence-electron chi connectivity index (χ2n) is 3.06. The third kappa shape index (κ3) is 1.03. The zero-order chi connectivity index (χ0) is 9.38. The van der Waals surface area contributed by atoms with Crippen LogP contribution in [-0.2, 0) is 0 Å². The standard InChI is InChI=1S/C11H7N2O/c1-2-4-10-8(3-1)7-11(14-10)9-5-6-12-13-9/h1-7H. The van der Waals surface area contributed by atoms with Crippen LogP contribution in [0.25, 0.3) is 11.0 Å². The van der Waals surface area contributed by atoms with Crippen molar-refractivity contribution in [1.82, 2.24) is 5.43 Å². The van der Waals surface area contributed by atoms with E-state index in [1.807, 2.05) is 36.4 Å². The molecule has 2 aromatic rings. The molecule has 0 N–H and O–H groups in total. The molecule has 0 aliphatic carbocycles. The van der Waals surface area contributed by atoms with Gasteiger partial charge >= 0.3 is 0 Å². The van der Waals surface area contributed by atoms with Crippen LogP contribution in [-0.4, -0.2) is 5.71 Å². The summed E-state index contributed by atoms with van der Waals surface area (Å²) < 4.78 is 5.61. The van der Waals surface area contributed by atoms with Crippen molar-refractivity contribution in [2.24, 2.45) is 5.10 Å². The van der Waals surface area contributed by atoms with Gasteiger partial charge in [-0.25, -0.2) is 0 Å². The van der Waals surface area contributed by atoms with Crippen LogP contribution in [0.2, 0.25) is 0 Å². The lowest BCUT2D eigenvalue weighted by Gasteiger charge is -1.87. The van der Waals surface area contributed by atoms with Gasteiger partial charge in [-0.3, -0.25) is 0 Å². The summed E-state index contributed by atoms with van der Waals surface area (Å²) in [5, 5.41) is 5.03. The van der Waals surface area contributed by atoms with Gasteiger partial charge in [-0.2, -0.15) is 5.43 Å². The molecule has 0 fully saturated rings. The molecule has 0 atom stereocenters. The smallest absolute Gasteiger partial charge is 0.155 e. The monoisotopic (exact) mass is 183 g/mol. The molecular formula is C11H7N2O. The number of furan rings is 1. The minimum Gasteiger partial charge on any atom is -0.454 e. The topological polar surface area (TPSA) is 39.6 Å². The number of hydrogen-bond acceptors (Lipinski definition) is 2. The molecule has 1 aliphatic heterocycles. The fraction of sp³-hybridized carbons (Fsp3) is 0. The van der Waals surface area contributed by atoms with Crippen LogP contribution in [0.4, 0.5) is 0 Å². The number of rotatable bonds is 1. The fourth-order valence-corrected chi connectivity index (χ4v) is 1.47. The predicted molar refractivity (Wildman–Crippen MR) is 54.0 cm³/mol. The van der Waals surface area contributed by atoms with E-state index in [4.69, 9.17) is 4.42 Å². The molecule has 3 nitrogen and oxygen atoms in total. The molecule has 0 spiro atoms. The lowest BCUT2D eigenvalue weighted by molar-refractivity contribution is 0.605. The molecule has 0 amide bonds.